The number of nitrogens with two attached hydrogens (primary N) is 1. The second-order valence-electron chi connectivity index (χ2n) is 2.67. The van der Waals surface area contributed by atoms with Crippen LogP contribution in [0.1, 0.15) is 15.4 Å². The van der Waals surface area contributed by atoms with E-state index in [1.54, 1.807) is 12.4 Å². The lowest BCUT2D eigenvalue weighted by molar-refractivity contribution is 0.102. The molecule has 0 radical (unpaired) electrons. The zero-order valence-corrected chi connectivity index (χ0v) is 9.35. The van der Waals surface area contributed by atoms with Crippen LogP contribution < -0.4 is 11.1 Å². The first-order valence-corrected chi connectivity index (χ1v) is 5.67. The SMILES string of the molecule is Cc1ncsc1C(=O)Nc1nnc(N)s1. The third-order valence-corrected chi connectivity index (χ3v) is 3.21. The second-order valence-corrected chi connectivity index (χ2v) is 4.53. The predicted molar refractivity (Wildman–Crippen MR) is 59.1 cm³/mol. The molecule has 8 heteroatoms. The van der Waals surface area contributed by atoms with Gasteiger partial charge in [-0.2, -0.15) is 0 Å². The van der Waals surface area contributed by atoms with Gasteiger partial charge < -0.3 is 5.73 Å². The van der Waals surface area contributed by atoms with E-state index in [4.69, 9.17) is 5.73 Å². The molecule has 0 spiro atoms. The molecule has 0 bridgehead atoms. The van der Waals surface area contributed by atoms with E-state index in [9.17, 15) is 4.79 Å². The number of hydrogen-bond donors (Lipinski definition) is 2. The number of aryl methyl sites for hydroxylation is 1. The van der Waals surface area contributed by atoms with Crippen LogP contribution in [0.3, 0.4) is 0 Å². The second kappa shape index (κ2) is 3.91. The van der Waals surface area contributed by atoms with Crippen LogP contribution in [0.5, 0.6) is 0 Å². The van der Waals surface area contributed by atoms with Crippen molar-refractivity contribution in [1.29, 1.82) is 0 Å². The monoisotopic (exact) mass is 241 g/mol. The number of nitrogens with zero attached hydrogens (tertiary/aromatic N) is 3. The van der Waals surface area contributed by atoms with Crippen LogP contribution >= 0.6 is 22.7 Å². The molecule has 0 aromatic carbocycles. The third kappa shape index (κ3) is 2.10. The number of carbonyl (C=O) groups excluding carboxylic acids is 1. The van der Waals surface area contributed by atoms with Crippen molar-refractivity contribution in [2.75, 3.05) is 11.1 Å². The van der Waals surface area contributed by atoms with Crippen LogP contribution in [0, 0.1) is 6.92 Å². The van der Waals surface area contributed by atoms with E-state index >= 15 is 0 Å². The first-order valence-electron chi connectivity index (χ1n) is 3.97. The normalized spacial score (nSPS) is 10.2. The van der Waals surface area contributed by atoms with Gasteiger partial charge in [0, 0.05) is 0 Å². The smallest absolute Gasteiger partial charge is 0.269 e. The van der Waals surface area contributed by atoms with Crippen molar-refractivity contribution < 1.29 is 4.79 Å². The molecule has 0 aliphatic carbocycles. The van der Waals surface area contributed by atoms with Gasteiger partial charge in [0.05, 0.1) is 11.2 Å². The minimum absolute atomic E-state index is 0.230. The van der Waals surface area contributed by atoms with Crippen molar-refractivity contribution in [3.8, 4) is 0 Å². The van der Waals surface area contributed by atoms with Crippen LogP contribution in [-0.4, -0.2) is 21.1 Å². The lowest BCUT2D eigenvalue weighted by Crippen LogP contribution is -2.11. The van der Waals surface area contributed by atoms with Crippen LogP contribution in [-0.2, 0) is 0 Å². The highest BCUT2D eigenvalue weighted by atomic mass is 32.1. The number of aromatic nitrogens is 3. The molecular formula is C7H7N5OS2. The van der Waals surface area contributed by atoms with E-state index in [-0.39, 0.29) is 5.91 Å². The van der Waals surface area contributed by atoms with Gasteiger partial charge in [-0.1, -0.05) is 11.3 Å². The quantitative estimate of drug-likeness (QED) is 0.822. The first-order chi connectivity index (χ1) is 7.16. The summed E-state index contributed by atoms with van der Waals surface area (Å²) in [5.41, 5.74) is 7.71. The molecule has 0 aliphatic heterocycles. The Morgan fingerprint density at radius 2 is 2.33 bits per heavy atom. The Labute approximate surface area is 93.2 Å². The number of nitrogen functional groups attached to an aromatic ring is 1. The van der Waals surface area contributed by atoms with Gasteiger partial charge in [0.1, 0.15) is 4.88 Å². The van der Waals surface area contributed by atoms with Crippen molar-refractivity contribution >= 4 is 38.8 Å². The maximum absolute atomic E-state index is 11.7. The van der Waals surface area contributed by atoms with Crippen molar-refractivity contribution in [2.24, 2.45) is 0 Å². The first kappa shape index (κ1) is 9.99. The molecule has 0 fully saturated rings. The van der Waals surface area contributed by atoms with Crippen LogP contribution in [0.15, 0.2) is 5.51 Å². The molecule has 0 saturated carbocycles. The van der Waals surface area contributed by atoms with E-state index in [1.165, 1.54) is 11.3 Å². The highest BCUT2D eigenvalue weighted by Gasteiger charge is 2.13. The predicted octanol–water partition coefficient (Wildman–Crippen LogP) is 1.14. The van der Waals surface area contributed by atoms with E-state index in [2.05, 4.69) is 20.5 Å². The van der Waals surface area contributed by atoms with Crippen LogP contribution in [0.2, 0.25) is 0 Å². The average molecular weight is 241 g/mol. The Hall–Kier alpha value is -1.54. The molecule has 15 heavy (non-hydrogen) atoms. The van der Waals surface area contributed by atoms with Crippen LogP contribution in [0.25, 0.3) is 0 Å². The largest absolute Gasteiger partial charge is 0.374 e. The van der Waals surface area contributed by atoms with Crippen molar-refractivity contribution in [2.45, 2.75) is 6.92 Å². The summed E-state index contributed by atoms with van der Waals surface area (Å²) in [5.74, 6) is -0.230. The zero-order valence-electron chi connectivity index (χ0n) is 7.72. The number of nitrogens with one attached hydrogen (secondary N) is 1. The molecular weight excluding hydrogens is 234 g/mol. The summed E-state index contributed by atoms with van der Waals surface area (Å²) in [5, 5.41) is 10.6. The van der Waals surface area contributed by atoms with Gasteiger partial charge in [-0.05, 0) is 6.92 Å². The Balaban J connectivity index is 2.14. The molecule has 0 unspecified atom stereocenters. The van der Waals surface area contributed by atoms with Gasteiger partial charge in [-0.3, -0.25) is 10.1 Å². The fourth-order valence-electron chi connectivity index (χ4n) is 0.959. The minimum Gasteiger partial charge on any atom is -0.374 e. The standard InChI is InChI=1S/C7H7N5OS2/c1-3-4(14-2-9-3)5(13)10-7-12-11-6(8)15-7/h2H,1H3,(H2,8,11)(H,10,12,13). The van der Waals surface area contributed by atoms with Crippen LogP contribution in [0.4, 0.5) is 10.3 Å². The van der Waals surface area contributed by atoms with E-state index < -0.39 is 0 Å². The molecule has 78 valence electrons. The number of amides is 1. The summed E-state index contributed by atoms with van der Waals surface area (Å²) in [7, 11) is 0. The fraction of sp³-hybridized carbons (Fsp3) is 0.143. The zero-order chi connectivity index (χ0) is 10.8. The lowest BCUT2D eigenvalue weighted by atomic mass is 10.4. The van der Waals surface area contributed by atoms with E-state index in [0.29, 0.717) is 20.8 Å². The average Bonchev–Trinajstić information content (AvgIpc) is 2.75. The summed E-state index contributed by atoms with van der Waals surface area (Å²) in [6.07, 6.45) is 0. The van der Waals surface area contributed by atoms with Crippen molar-refractivity contribution in [1.82, 2.24) is 15.2 Å². The number of carbonyl (C=O) groups is 1. The minimum atomic E-state index is -0.230. The van der Waals surface area contributed by atoms with E-state index in [1.807, 2.05) is 0 Å². The topological polar surface area (TPSA) is 93.8 Å². The van der Waals surface area contributed by atoms with Gasteiger partial charge in [0.15, 0.2) is 0 Å². The number of thiazole rings is 1. The van der Waals surface area contributed by atoms with E-state index in [0.717, 1.165) is 11.3 Å². The van der Waals surface area contributed by atoms with Crippen molar-refractivity contribution in [3.05, 3.63) is 16.1 Å². The van der Waals surface area contributed by atoms with Gasteiger partial charge in [-0.15, -0.1) is 21.5 Å². The summed E-state index contributed by atoms with van der Waals surface area (Å²) in [4.78, 5) is 16.2. The molecule has 2 heterocycles. The number of anilines is 2. The lowest BCUT2D eigenvalue weighted by Gasteiger charge is -1.97. The molecule has 0 atom stereocenters. The maximum Gasteiger partial charge on any atom is 0.269 e. The highest BCUT2D eigenvalue weighted by Crippen LogP contribution is 2.19. The summed E-state index contributed by atoms with van der Waals surface area (Å²) < 4.78 is 0. The molecule has 2 aromatic rings. The van der Waals surface area contributed by atoms with Crippen molar-refractivity contribution in [3.63, 3.8) is 0 Å². The molecule has 2 aromatic heterocycles. The van der Waals surface area contributed by atoms with Gasteiger partial charge in [0.25, 0.3) is 5.91 Å². The molecule has 6 nitrogen and oxygen atoms in total. The molecule has 1 amide bonds. The Bertz CT molecular complexity index is 491. The number of rotatable bonds is 2. The summed E-state index contributed by atoms with van der Waals surface area (Å²) >= 11 is 2.41. The fourth-order valence-corrected chi connectivity index (χ4v) is 2.16. The molecule has 3 N–H and O–H groups in total. The molecule has 0 saturated heterocycles. The summed E-state index contributed by atoms with van der Waals surface area (Å²) in [6.45, 7) is 1.78. The third-order valence-electron chi connectivity index (χ3n) is 1.61. The molecule has 2 rings (SSSR count). The highest BCUT2D eigenvalue weighted by molar-refractivity contribution is 7.19. The van der Waals surface area contributed by atoms with Gasteiger partial charge >= 0.3 is 0 Å². The van der Waals surface area contributed by atoms with Gasteiger partial charge in [-0.25, -0.2) is 4.98 Å². The summed E-state index contributed by atoms with van der Waals surface area (Å²) in [6, 6.07) is 0. The maximum atomic E-state index is 11.7. The number of hydrogen-bond acceptors (Lipinski definition) is 7. The molecule has 0 aliphatic rings. The Morgan fingerprint density at radius 3 is 2.87 bits per heavy atom. The van der Waals surface area contributed by atoms with Gasteiger partial charge in [0.2, 0.25) is 10.3 Å². The Morgan fingerprint density at radius 1 is 1.53 bits per heavy atom. The Kier molecular flexibility index (Phi) is 2.60.